The Morgan fingerprint density at radius 3 is 2.74 bits per heavy atom. The molecule has 0 bridgehead atoms. The summed E-state index contributed by atoms with van der Waals surface area (Å²) in [5, 5.41) is 6.78. The molecule has 2 fully saturated rings. The zero-order valence-electron chi connectivity index (χ0n) is 11.2. The first-order valence-electron chi connectivity index (χ1n) is 7.15. The van der Waals surface area contributed by atoms with Gasteiger partial charge >= 0.3 is 0 Å². The number of nitrogens with one attached hydrogen (secondary N) is 1. The highest BCUT2D eigenvalue weighted by molar-refractivity contribution is 7.14. The molecule has 2 aliphatic heterocycles. The van der Waals surface area contributed by atoms with Crippen molar-refractivity contribution in [2.45, 2.75) is 25.3 Å². The largest absolute Gasteiger partial charge is 0.360 e. The number of carbonyl (C=O) groups excluding carboxylic acids is 1. The van der Waals surface area contributed by atoms with Crippen molar-refractivity contribution in [3.63, 3.8) is 0 Å². The Morgan fingerprint density at radius 2 is 2.11 bits per heavy atom. The smallest absolute Gasteiger partial charge is 0.239 e. The summed E-state index contributed by atoms with van der Waals surface area (Å²) in [6.45, 7) is 4.62. The van der Waals surface area contributed by atoms with Crippen LogP contribution in [-0.4, -0.2) is 49.6 Å². The van der Waals surface area contributed by atoms with Gasteiger partial charge in [0.2, 0.25) is 5.91 Å². The van der Waals surface area contributed by atoms with Crippen molar-refractivity contribution in [3.8, 4) is 0 Å². The Balaban J connectivity index is 1.53. The van der Waals surface area contributed by atoms with Crippen molar-refractivity contribution in [3.05, 3.63) is 17.5 Å². The number of carbonyl (C=O) groups is 1. The Bertz CT molecular complexity index is 406. The van der Waals surface area contributed by atoms with Gasteiger partial charge in [-0.15, -0.1) is 11.3 Å². The maximum atomic E-state index is 12.4. The number of hydrogen-bond acceptors (Lipinski definition) is 4. The zero-order valence-corrected chi connectivity index (χ0v) is 12.0. The Kier molecular flexibility index (Phi) is 4.03. The van der Waals surface area contributed by atoms with Crippen molar-refractivity contribution < 1.29 is 4.79 Å². The van der Waals surface area contributed by atoms with Gasteiger partial charge in [-0.25, -0.2) is 0 Å². The van der Waals surface area contributed by atoms with E-state index >= 15 is 0 Å². The molecule has 104 valence electrons. The van der Waals surface area contributed by atoms with Crippen molar-refractivity contribution in [1.82, 2.24) is 10.2 Å². The fourth-order valence-electron chi connectivity index (χ4n) is 2.88. The van der Waals surface area contributed by atoms with Crippen LogP contribution in [0.4, 0.5) is 5.00 Å². The van der Waals surface area contributed by atoms with E-state index in [0.717, 1.165) is 39.1 Å². The second-order valence-corrected chi connectivity index (χ2v) is 6.19. The minimum atomic E-state index is 0.0713. The molecule has 1 aromatic rings. The average molecular weight is 279 g/mol. The predicted octanol–water partition coefficient (Wildman–Crippen LogP) is 1.54. The number of hydrogen-bond donors (Lipinski definition) is 1. The first-order valence-corrected chi connectivity index (χ1v) is 8.03. The van der Waals surface area contributed by atoms with E-state index in [4.69, 9.17) is 0 Å². The van der Waals surface area contributed by atoms with Crippen molar-refractivity contribution >= 4 is 22.2 Å². The third-order valence-corrected chi connectivity index (χ3v) is 4.95. The zero-order chi connectivity index (χ0) is 13.1. The van der Waals surface area contributed by atoms with E-state index in [1.165, 1.54) is 17.8 Å². The number of piperazine rings is 1. The molecular formula is C14H21N3OS. The number of anilines is 1. The van der Waals surface area contributed by atoms with Crippen molar-refractivity contribution in [1.29, 1.82) is 0 Å². The molecule has 0 saturated carbocycles. The second-order valence-electron chi connectivity index (χ2n) is 5.27. The van der Waals surface area contributed by atoms with E-state index < -0.39 is 0 Å². The molecule has 19 heavy (non-hydrogen) atoms. The van der Waals surface area contributed by atoms with Gasteiger partial charge in [0.05, 0.1) is 11.0 Å². The van der Waals surface area contributed by atoms with Gasteiger partial charge < -0.3 is 15.1 Å². The molecule has 1 aromatic heterocycles. The molecule has 2 aliphatic rings. The summed E-state index contributed by atoms with van der Waals surface area (Å²) in [7, 11) is 0. The van der Waals surface area contributed by atoms with Crippen LogP contribution in [0.1, 0.15) is 19.3 Å². The first-order chi connectivity index (χ1) is 9.34. The second kappa shape index (κ2) is 5.92. The summed E-state index contributed by atoms with van der Waals surface area (Å²) in [6, 6.07) is 4.32. The van der Waals surface area contributed by atoms with Crippen LogP contribution in [0, 0.1) is 0 Å². The van der Waals surface area contributed by atoms with Crippen LogP contribution in [-0.2, 0) is 4.79 Å². The molecule has 3 rings (SSSR count). The van der Waals surface area contributed by atoms with Gasteiger partial charge in [0, 0.05) is 26.2 Å². The van der Waals surface area contributed by atoms with Gasteiger partial charge in [-0.1, -0.05) is 6.42 Å². The third kappa shape index (κ3) is 2.92. The normalized spacial score (nSPS) is 24.5. The topological polar surface area (TPSA) is 35.6 Å². The number of rotatable bonds is 2. The standard InChI is InChI=1S/C14H21N3OS/c18-14(12-4-1-2-6-15-12)17-9-7-16(8-10-17)13-5-3-11-19-13/h3,5,11-12,15H,1-2,4,6-10H2/t12-/m1/s1. The van der Waals surface area contributed by atoms with Crippen LogP contribution >= 0.6 is 11.3 Å². The van der Waals surface area contributed by atoms with Crippen LogP contribution in [0.2, 0.25) is 0 Å². The van der Waals surface area contributed by atoms with Crippen LogP contribution in [0.15, 0.2) is 17.5 Å². The molecular weight excluding hydrogens is 258 g/mol. The minimum Gasteiger partial charge on any atom is -0.360 e. The molecule has 5 heteroatoms. The number of nitrogens with zero attached hydrogens (tertiary/aromatic N) is 2. The van der Waals surface area contributed by atoms with E-state index in [0.29, 0.717) is 5.91 Å². The molecule has 0 aromatic carbocycles. The monoisotopic (exact) mass is 279 g/mol. The predicted molar refractivity (Wildman–Crippen MR) is 78.8 cm³/mol. The fourth-order valence-corrected chi connectivity index (χ4v) is 3.67. The maximum Gasteiger partial charge on any atom is 0.239 e. The van der Waals surface area contributed by atoms with Crippen LogP contribution < -0.4 is 10.2 Å². The molecule has 4 nitrogen and oxygen atoms in total. The molecule has 0 unspecified atom stereocenters. The molecule has 0 aliphatic carbocycles. The maximum absolute atomic E-state index is 12.4. The summed E-state index contributed by atoms with van der Waals surface area (Å²) in [5.74, 6) is 0.311. The highest BCUT2D eigenvalue weighted by Crippen LogP contribution is 2.22. The van der Waals surface area contributed by atoms with Crippen molar-refractivity contribution in [2.24, 2.45) is 0 Å². The van der Waals surface area contributed by atoms with Gasteiger partial charge in [0.25, 0.3) is 0 Å². The lowest BCUT2D eigenvalue weighted by Gasteiger charge is -2.37. The van der Waals surface area contributed by atoms with Gasteiger partial charge in [-0.2, -0.15) is 0 Å². The Morgan fingerprint density at radius 1 is 1.26 bits per heavy atom. The molecule has 2 saturated heterocycles. The number of piperidine rings is 1. The quantitative estimate of drug-likeness (QED) is 0.892. The van der Waals surface area contributed by atoms with E-state index in [1.54, 1.807) is 11.3 Å². The fraction of sp³-hybridized carbons (Fsp3) is 0.643. The molecule has 1 amide bonds. The van der Waals surface area contributed by atoms with Crippen LogP contribution in [0.25, 0.3) is 0 Å². The van der Waals surface area contributed by atoms with Crippen LogP contribution in [0.3, 0.4) is 0 Å². The summed E-state index contributed by atoms with van der Waals surface area (Å²) in [5.41, 5.74) is 0. The van der Waals surface area contributed by atoms with Gasteiger partial charge in [0.1, 0.15) is 0 Å². The third-order valence-electron chi connectivity index (χ3n) is 4.02. The molecule has 3 heterocycles. The molecule has 1 N–H and O–H groups in total. The number of amides is 1. The lowest BCUT2D eigenvalue weighted by atomic mass is 10.0. The summed E-state index contributed by atoms with van der Waals surface area (Å²) >= 11 is 1.78. The van der Waals surface area contributed by atoms with E-state index in [9.17, 15) is 4.79 Å². The highest BCUT2D eigenvalue weighted by Gasteiger charge is 2.28. The van der Waals surface area contributed by atoms with Crippen molar-refractivity contribution in [2.75, 3.05) is 37.6 Å². The van der Waals surface area contributed by atoms with Crippen LogP contribution in [0.5, 0.6) is 0 Å². The van der Waals surface area contributed by atoms with E-state index in [-0.39, 0.29) is 6.04 Å². The van der Waals surface area contributed by atoms with E-state index in [2.05, 4.69) is 27.7 Å². The Labute approximate surface area is 118 Å². The molecule has 0 radical (unpaired) electrons. The van der Waals surface area contributed by atoms with E-state index in [1.807, 2.05) is 4.90 Å². The summed E-state index contributed by atoms with van der Waals surface area (Å²) in [6.07, 6.45) is 3.39. The summed E-state index contributed by atoms with van der Waals surface area (Å²) < 4.78 is 0. The number of thiophene rings is 1. The minimum absolute atomic E-state index is 0.0713. The van der Waals surface area contributed by atoms with Gasteiger partial charge in [0.15, 0.2) is 0 Å². The lowest BCUT2D eigenvalue weighted by molar-refractivity contribution is -0.134. The SMILES string of the molecule is O=C([C@H]1CCCCN1)N1CCN(c2cccs2)CC1. The molecule has 1 atom stereocenters. The highest BCUT2D eigenvalue weighted by atomic mass is 32.1. The summed E-state index contributed by atoms with van der Waals surface area (Å²) in [4.78, 5) is 16.8. The first kappa shape index (κ1) is 12.9. The Hall–Kier alpha value is -1.07. The van der Waals surface area contributed by atoms with Gasteiger partial charge in [-0.05, 0) is 36.9 Å². The average Bonchev–Trinajstić information content (AvgIpc) is 3.02. The van der Waals surface area contributed by atoms with Gasteiger partial charge in [-0.3, -0.25) is 4.79 Å². The molecule has 0 spiro atoms. The lowest BCUT2D eigenvalue weighted by Crippen LogP contribution is -2.55.